The van der Waals surface area contributed by atoms with Crippen molar-refractivity contribution in [2.45, 2.75) is 45.4 Å². The molecule has 1 atom stereocenters. The van der Waals surface area contributed by atoms with Crippen LogP contribution in [0.5, 0.6) is 0 Å². The number of piperidine rings is 1. The summed E-state index contributed by atoms with van der Waals surface area (Å²) in [6.45, 7) is 5.49. The molecule has 1 aliphatic heterocycles. The minimum absolute atomic E-state index is 0. The van der Waals surface area contributed by atoms with Gasteiger partial charge < -0.3 is 4.90 Å². The summed E-state index contributed by atoms with van der Waals surface area (Å²) in [5, 5.41) is 0. The fourth-order valence-corrected chi connectivity index (χ4v) is 3.05. The zero-order valence-electron chi connectivity index (χ0n) is 13.1. The maximum absolute atomic E-state index is 12.7. The van der Waals surface area contributed by atoms with Crippen molar-refractivity contribution in [1.29, 1.82) is 0 Å². The van der Waals surface area contributed by atoms with Crippen LogP contribution in [-0.2, 0) is 0 Å². The molecule has 1 unspecified atom stereocenters. The normalized spacial score (nSPS) is 17.0. The molecule has 2 rings (SSSR count). The lowest BCUT2D eigenvalue weighted by molar-refractivity contribution is 0.0856. The molecule has 1 aromatic carbocycles. The van der Waals surface area contributed by atoms with Crippen LogP contribution < -0.4 is 0 Å². The number of nitrogens with zero attached hydrogens (tertiary/aromatic N) is 1. The van der Waals surface area contributed by atoms with Crippen molar-refractivity contribution in [2.75, 3.05) is 19.6 Å². The molecule has 1 aliphatic rings. The van der Waals surface area contributed by atoms with Crippen molar-refractivity contribution in [3.8, 4) is 0 Å². The summed E-state index contributed by atoms with van der Waals surface area (Å²) in [6.07, 6.45) is 7.28. The molecule has 0 amide bonds. The topological polar surface area (TPSA) is 20.3 Å². The van der Waals surface area contributed by atoms with E-state index in [1.54, 1.807) is 0 Å². The molecule has 0 aromatic heterocycles. The zero-order valence-corrected chi connectivity index (χ0v) is 13.9. The summed E-state index contributed by atoms with van der Waals surface area (Å²) in [4.78, 5) is 15.2. The highest BCUT2D eigenvalue weighted by Gasteiger charge is 2.23. The molecule has 1 heterocycles. The summed E-state index contributed by atoms with van der Waals surface area (Å²) < 4.78 is 0. The van der Waals surface area contributed by atoms with Crippen molar-refractivity contribution in [3.63, 3.8) is 0 Å². The van der Waals surface area contributed by atoms with Crippen molar-refractivity contribution in [3.05, 3.63) is 35.9 Å². The number of carbonyl (C=O) groups is 1. The van der Waals surface area contributed by atoms with Gasteiger partial charge in [-0.25, -0.2) is 0 Å². The summed E-state index contributed by atoms with van der Waals surface area (Å²) in [6, 6.07) is 9.81. The second kappa shape index (κ2) is 9.97. The van der Waals surface area contributed by atoms with Crippen molar-refractivity contribution in [2.24, 2.45) is 5.92 Å². The molecular formula is C18H28ClNO. The average Bonchev–Trinajstić information content (AvgIpc) is 2.52. The SMILES string of the molecule is CCCCC(CN1CCCCC1)C(=O)c1ccccc1.Cl. The first-order chi connectivity index (χ1) is 9.81. The van der Waals surface area contributed by atoms with E-state index in [9.17, 15) is 4.79 Å². The van der Waals surface area contributed by atoms with E-state index in [4.69, 9.17) is 0 Å². The smallest absolute Gasteiger partial charge is 0.167 e. The Balaban J connectivity index is 0.00000220. The van der Waals surface area contributed by atoms with Gasteiger partial charge >= 0.3 is 0 Å². The first-order valence-corrected chi connectivity index (χ1v) is 8.13. The van der Waals surface area contributed by atoms with E-state index in [1.165, 1.54) is 38.8 Å². The van der Waals surface area contributed by atoms with Gasteiger partial charge in [0.25, 0.3) is 0 Å². The van der Waals surface area contributed by atoms with Crippen LogP contribution in [-0.4, -0.2) is 30.3 Å². The fourth-order valence-electron chi connectivity index (χ4n) is 3.05. The lowest BCUT2D eigenvalue weighted by atomic mass is 9.91. The highest BCUT2D eigenvalue weighted by molar-refractivity contribution is 5.97. The summed E-state index contributed by atoms with van der Waals surface area (Å²) >= 11 is 0. The van der Waals surface area contributed by atoms with Crippen LogP contribution in [0.3, 0.4) is 0 Å². The van der Waals surface area contributed by atoms with E-state index >= 15 is 0 Å². The number of halogens is 1. The second-order valence-electron chi connectivity index (χ2n) is 5.93. The van der Waals surface area contributed by atoms with Gasteiger partial charge in [-0.2, -0.15) is 0 Å². The Morgan fingerprint density at radius 2 is 1.81 bits per heavy atom. The lowest BCUT2D eigenvalue weighted by Crippen LogP contribution is -2.36. The number of hydrogen-bond donors (Lipinski definition) is 0. The molecule has 0 spiro atoms. The molecule has 1 saturated heterocycles. The molecule has 1 fully saturated rings. The largest absolute Gasteiger partial charge is 0.303 e. The number of benzene rings is 1. The summed E-state index contributed by atoms with van der Waals surface area (Å²) in [5.74, 6) is 0.514. The van der Waals surface area contributed by atoms with Crippen LogP contribution in [0.15, 0.2) is 30.3 Å². The van der Waals surface area contributed by atoms with Crippen LogP contribution in [0.2, 0.25) is 0 Å². The predicted octanol–water partition coefficient (Wildman–Crippen LogP) is 4.58. The van der Waals surface area contributed by atoms with Gasteiger partial charge in [0.15, 0.2) is 5.78 Å². The third-order valence-corrected chi connectivity index (χ3v) is 4.26. The van der Waals surface area contributed by atoms with Crippen LogP contribution in [0.4, 0.5) is 0 Å². The number of carbonyl (C=O) groups excluding carboxylic acids is 1. The first kappa shape index (κ1) is 18.2. The van der Waals surface area contributed by atoms with E-state index in [1.807, 2.05) is 30.3 Å². The number of ketones is 1. The molecule has 0 radical (unpaired) electrons. The standard InChI is InChI=1S/C18H27NO.ClH/c1-2-3-10-17(15-19-13-8-5-9-14-19)18(20)16-11-6-4-7-12-16;/h4,6-7,11-12,17H,2-3,5,8-10,13-15H2,1H3;1H. The summed E-state index contributed by atoms with van der Waals surface area (Å²) in [7, 11) is 0. The van der Waals surface area contributed by atoms with E-state index in [2.05, 4.69) is 11.8 Å². The van der Waals surface area contributed by atoms with Gasteiger partial charge in [-0.3, -0.25) is 4.79 Å². The average molecular weight is 310 g/mol. The fraction of sp³-hybridized carbons (Fsp3) is 0.611. The van der Waals surface area contributed by atoms with Crippen LogP contribution in [0.25, 0.3) is 0 Å². The summed E-state index contributed by atoms with van der Waals surface area (Å²) in [5.41, 5.74) is 0.880. The molecule has 118 valence electrons. The van der Waals surface area contributed by atoms with E-state index < -0.39 is 0 Å². The van der Waals surface area contributed by atoms with Gasteiger partial charge in [0.1, 0.15) is 0 Å². The second-order valence-corrected chi connectivity index (χ2v) is 5.93. The molecule has 0 saturated carbocycles. The molecule has 0 aliphatic carbocycles. The predicted molar refractivity (Wildman–Crippen MR) is 91.3 cm³/mol. The lowest BCUT2D eigenvalue weighted by Gasteiger charge is -2.30. The minimum atomic E-state index is 0. The highest BCUT2D eigenvalue weighted by atomic mass is 35.5. The first-order valence-electron chi connectivity index (χ1n) is 8.13. The van der Waals surface area contributed by atoms with E-state index in [-0.39, 0.29) is 18.3 Å². The highest BCUT2D eigenvalue weighted by Crippen LogP contribution is 2.19. The molecule has 1 aromatic rings. The van der Waals surface area contributed by atoms with Crippen molar-refractivity contribution < 1.29 is 4.79 Å². The van der Waals surface area contributed by atoms with Crippen molar-refractivity contribution >= 4 is 18.2 Å². The van der Waals surface area contributed by atoms with Crippen LogP contribution in [0.1, 0.15) is 55.8 Å². The Morgan fingerprint density at radius 1 is 1.14 bits per heavy atom. The number of Topliss-reactive ketones (excluding diaryl/α,β-unsaturated/α-hetero) is 1. The molecule has 0 N–H and O–H groups in total. The van der Waals surface area contributed by atoms with Crippen LogP contribution in [0, 0.1) is 5.92 Å². The molecule has 2 nitrogen and oxygen atoms in total. The van der Waals surface area contributed by atoms with Gasteiger partial charge in [0, 0.05) is 18.0 Å². The Bertz CT molecular complexity index is 401. The number of likely N-dealkylation sites (tertiary alicyclic amines) is 1. The Labute approximate surface area is 135 Å². The zero-order chi connectivity index (χ0) is 14.2. The monoisotopic (exact) mass is 309 g/mol. The quantitative estimate of drug-likeness (QED) is 0.687. The Kier molecular flexibility index (Phi) is 8.63. The van der Waals surface area contributed by atoms with Gasteiger partial charge in [-0.1, -0.05) is 56.5 Å². The van der Waals surface area contributed by atoms with Crippen molar-refractivity contribution in [1.82, 2.24) is 4.90 Å². The number of rotatable bonds is 7. The van der Waals surface area contributed by atoms with Crippen LogP contribution >= 0.6 is 12.4 Å². The van der Waals surface area contributed by atoms with Gasteiger partial charge in [-0.05, 0) is 32.4 Å². The van der Waals surface area contributed by atoms with Gasteiger partial charge in [0.2, 0.25) is 0 Å². The molecular weight excluding hydrogens is 282 g/mol. The van der Waals surface area contributed by atoms with Gasteiger partial charge in [0.05, 0.1) is 0 Å². The molecule has 3 heteroatoms. The molecule has 21 heavy (non-hydrogen) atoms. The maximum atomic E-state index is 12.7. The Hall–Kier alpha value is -0.860. The van der Waals surface area contributed by atoms with E-state index in [0.717, 1.165) is 24.9 Å². The Morgan fingerprint density at radius 3 is 2.43 bits per heavy atom. The third kappa shape index (κ3) is 5.80. The van der Waals surface area contributed by atoms with E-state index in [0.29, 0.717) is 5.78 Å². The third-order valence-electron chi connectivity index (χ3n) is 4.26. The molecule has 0 bridgehead atoms. The maximum Gasteiger partial charge on any atom is 0.167 e. The number of hydrogen-bond acceptors (Lipinski definition) is 2. The van der Waals surface area contributed by atoms with Gasteiger partial charge in [-0.15, -0.1) is 12.4 Å². The minimum Gasteiger partial charge on any atom is -0.303 e. The number of unbranched alkanes of at least 4 members (excludes halogenated alkanes) is 1.